The molecule has 8 heteroatoms. The molecule has 7 nitrogen and oxygen atoms in total. The van der Waals surface area contributed by atoms with Gasteiger partial charge >= 0.3 is 8.25 Å². The average molecular weight is 220 g/mol. The molecule has 0 fully saturated rings. The van der Waals surface area contributed by atoms with Crippen LogP contribution in [-0.2, 0) is 4.57 Å². The molecule has 2 heterocycles. The fourth-order valence-electron chi connectivity index (χ4n) is 1.13. The zero-order valence-corrected chi connectivity index (χ0v) is 8.57. The van der Waals surface area contributed by atoms with E-state index in [0.717, 1.165) is 26.2 Å². The SMILES string of the molecule is C1=NCCN1N1C=NCC1.O=[PH](O)O. The van der Waals surface area contributed by atoms with Crippen LogP contribution in [0.4, 0.5) is 0 Å². The lowest BCUT2D eigenvalue weighted by atomic mass is 10.6. The van der Waals surface area contributed by atoms with Gasteiger partial charge < -0.3 is 9.79 Å². The molecule has 2 aliphatic rings. The minimum Gasteiger partial charge on any atom is -0.326 e. The fourth-order valence-corrected chi connectivity index (χ4v) is 1.13. The lowest BCUT2D eigenvalue weighted by Crippen LogP contribution is -2.38. The zero-order chi connectivity index (χ0) is 10.4. The van der Waals surface area contributed by atoms with E-state index in [0.29, 0.717) is 0 Å². The summed E-state index contributed by atoms with van der Waals surface area (Å²) in [6.07, 6.45) is 3.74. The first-order valence-corrected chi connectivity index (χ1v) is 5.45. The summed E-state index contributed by atoms with van der Waals surface area (Å²) in [6.45, 7) is 3.85. The number of nitrogens with zero attached hydrogens (tertiary/aromatic N) is 4. The quantitative estimate of drug-likeness (QED) is 0.550. The Bertz CT molecular complexity index is 233. The smallest absolute Gasteiger partial charge is 0.314 e. The molecule has 0 aromatic rings. The van der Waals surface area contributed by atoms with Gasteiger partial charge in [0.2, 0.25) is 0 Å². The van der Waals surface area contributed by atoms with Crippen LogP contribution < -0.4 is 0 Å². The Hall–Kier alpha value is -0.910. The van der Waals surface area contributed by atoms with Crippen LogP contribution in [0.25, 0.3) is 0 Å². The van der Waals surface area contributed by atoms with E-state index in [9.17, 15) is 0 Å². The second kappa shape index (κ2) is 5.74. The molecule has 0 atom stereocenters. The minimum absolute atomic E-state index is 0.921. The average Bonchev–Trinajstić information content (AvgIpc) is 2.76. The van der Waals surface area contributed by atoms with Gasteiger partial charge in [-0.25, -0.2) is 0 Å². The van der Waals surface area contributed by atoms with Crippen molar-refractivity contribution >= 4 is 20.9 Å². The van der Waals surface area contributed by atoms with Gasteiger partial charge in [0.15, 0.2) is 0 Å². The van der Waals surface area contributed by atoms with Crippen molar-refractivity contribution in [3.05, 3.63) is 0 Å². The van der Waals surface area contributed by atoms with Gasteiger partial charge in [0.05, 0.1) is 26.2 Å². The monoisotopic (exact) mass is 220 g/mol. The maximum atomic E-state index is 8.74. The molecule has 0 aromatic carbocycles. The summed E-state index contributed by atoms with van der Waals surface area (Å²) >= 11 is 0. The summed E-state index contributed by atoms with van der Waals surface area (Å²) < 4.78 is 8.74. The van der Waals surface area contributed by atoms with Crippen molar-refractivity contribution in [3.63, 3.8) is 0 Å². The second-order valence-corrected chi connectivity index (χ2v) is 3.22. The fraction of sp³-hybridized carbons (Fsp3) is 0.667. The first kappa shape index (κ1) is 11.2. The molecule has 0 saturated heterocycles. The molecule has 0 unspecified atom stereocenters. The summed E-state index contributed by atoms with van der Waals surface area (Å²) in [6, 6.07) is 0. The predicted octanol–water partition coefficient (Wildman–Crippen LogP) is -1.05. The molecule has 0 spiro atoms. The Kier molecular flexibility index (Phi) is 4.58. The Morgan fingerprint density at radius 1 is 1.07 bits per heavy atom. The van der Waals surface area contributed by atoms with Crippen LogP contribution in [0.15, 0.2) is 9.98 Å². The van der Waals surface area contributed by atoms with Crippen LogP contribution in [-0.4, -0.2) is 58.7 Å². The number of hydrazine groups is 1. The van der Waals surface area contributed by atoms with Crippen molar-refractivity contribution in [1.82, 2.24) is 10.0 Å². The van der Waals surface area contributed by atoms with Gasteiger partial charge in [0.1, 0.15) is 12.7 Å². The predicted molar refractivity (Wildman–Crippen MR) is 53.6 cm³/mol. The van der Waals surface area contributed by atoms with Gasteiger partial charge in [-0.3, -0.25) is 24.6 Å². The van der Waals surface area contributed by atoms with Crippen LogP contribution in [0.2, 0.25) is 0 Å². The molecule has 0 aromatic heterocycles. The molecule has 14 heavy (non-hydrogen) atoms. The van der Waals surface area contributed by atoms with Crippen molar-refractivity contribution in [2.75, 3.05) is 26.2 Å². The number of hydrogen-bond donors (Lipinski definition) is 2. The van der Waals surface area contributed by atoms with Crippen LogP contribution in [0.5, 0.6) is 0 Å². The largest absolute Gasteiger partial charge is 0.326 e. The maximum Gasteiger partial charge on any atom is 0.314 e. The third-order valence-electron chi connectivity index (χ3n) is 1.68. The summed E-state index contributed by atoms with van der Waals surface area (Å²) in [5.74, 6) is 0. The third-order valence-corrected chi connectivity index (χ3v) is 1.68. The molecule has 0 saturated carbocycles. The van der Waals surface area contributed by atoms with Gasteiger partial charge in [-0.05, 0) is 0 Å². The van der Waals surface area contributed by atoms with Gasteiger partial charge in [-0.15, -0.1) is 0 Å². The highest BCUT2D eigenvalue weighted by Crippen LogP contribution is 2.01. The lowest BCUT2D eigenvalue weighted by molar-refractivity contribution is 0.176. The molecule has 0 amide bonds. The van der Waals surface area contributed by atoms with Crippen molar-refractivity contribution in [3.8, 4) is 0 Å². The van der Waals surface area contributed by atoms with Gasteiger partial charge in [0.25, 0.3) is 0 Å². The highest BCUT2D eigenvalue weighted by Gasteiger charge is 2.14. The van der Waals surface area contributed by atoms with Gasteiger partial charge in [-0.2, -0.15) is 0 Å². The van der Waals surface area contributed by atoms with E-state index in [1.807, 2.05) is 12.7 Å². The Balaban J connectivity index is 0.000000213. The highest BCUT2D eigenvalue weighted by atomic mass is 31.1. The zero-order valence-electron chi connectivity index (χ0n) is 7.57. The number of rotatable bonds is 1. The van der Waals surface area contributed by atoms with Crippen molar-refractivity contribution < 1.29 is 14.4 Å². The molecule has 80 valence electrons. The minimum atomic E-state index is -3.13. The molecule has 2 N–H and O–H groups in total. The topological polar surface area (TPSA) is 88.7 Å². The highest BCUT2D eigenvalue weighted by molar-refractivity contribution is 7.30. The standard InChI is InChI=1S/C6H10N4.H3O3P/c1-3-9(5-7-1)10-4-2-8-6-10;1-4(2)3/h5-6H,1-4H2;4H,(H2,1,2,3). The van der Waals surface area contributed by atoms with E-state index >= 15 is 0 Å². The van der Waals surface area contributed by atoms with E-state index in [-0.39, 0.29) is 0 Å². The van der Waals surface area contributed by atoms with E-state index in [2.05, 4.69) is 20.0 Å². The molecule has 0 bridgehead atoms. The van der Waals surface area contributed by atoms with Crippen molar-refractivity contribution in [2.45, 2.75) is 0 Å². The van der Waals surface area contributed by atoms with E-state index < -0.39 is 8.25 Å². The summed E-state index contributed by atoms with van der Waals surface area (Å²) in [5.41, 5.74) is 0. The van der Waals surface area contributed by atoms with E-state index in [1.54, 1.807) is 0 Å². The first-order chi connectivity index (χ1) is 6.70. The summed E-state index contributed by atoms with van der Waals surface area (Å²) in [4.78, 5) is 22.5. The van der Waals surface area contributed by atoms with Crippen molar-refractivity contribution in [1.29, 1.82) is 0 Å². The summed E-state index contributed by atoms with van der Waals surface area (Å²) in [5, 5.41) is 4.19. The van der Waals surface area contributed by atoms with Crippen LogP contribution in [0, 0.1) is 0 Å². The summed E-state index contributed by atoms with van der Waals surface area (Å²) in [7, 11) is -3.13. The Morgan fingerprint density at radius 3 is 1.64 bits per heavy atom. The van der Waals surface area contributed by atoms with Crippen LogP contribution in [0.3, 0.4) is 0 Å². The normalized spacial score (nSPS) is 19.1. The maximum absolute atomic E-state index is 8.74. The Labute approximate surface area is 82.3 Å². The number of hydrogen-bond acceptors (Lipinski definition) is 5. The first-order valence-electron chi connectivity index (χ1n) is 4.15. The molecule has 0 aliphatic carbocycles. The van der Waals surface area contributed by atoms with Crippen LogP contribution in [0.1, 0.15) is 0 Å². The molecular weight excluding hydrogens is 207 g/mol. The van der Waals surface area contributed by atoms with Crippen molar-refractivity contribution in [2.24, 2.45) is 9.98 Å². The van der Waals surface area contributed by atoms with E-state index in [4.69, 9.17) is 14.4 Å². The van der Waals surface area contributed by atoms with E-state index in [1.165, 1.54) is 0 Å². The molecule has 2 rings (SSSR count). The van der Waals surface area contributed by atoms with Crippen LogP contribution >= 0.6 is 8.25 Å². The van der Waals surface area contributed by atoms with Gasteiger partial charge in [-0.1, -0.05) is 0 Å². The molecule has 0 radical (unpaired) electrons. The van der Waals surface area contributed by atoms with Gasteiger partial charge in [0, 0.05) is 0 Å². The molecular formula is C6H13N4O3P. The number of aliphatic imine (C=N–C) groups is 2. The second-order valence-electron chi connectivity index (χ2n) is 2.65. The lowest BCUT2D eigenvalue weighted by Gasteiger charge is -2.24. The molecule has 2 aliphatic heterocycles. The Morgan fingerprint density at radius 2 is 1.43 bits per heavy atom. The third kappa shape index (κ3) is 3.87.